The van der Waals surface area contributed by atoms with Gasteiger partial charge in [0.25, 0.3) is 0 Å². The standard InChI is InChI=1S/2C21H24N4O3S/c1-11(2)23-20-18-12(3)16(10-22)29-21(18)25-17(24-20)9-13-7-14(26-4)19(28-6)15(8-13)27-5;1-6-7-23-20-18-12(2)16(11-22)29-21(18)25-17(24-20)10-13-8-14(26-3)19(28-5)15(9-13)27-4/h7-8,11H,9H2,1-6H3,(H,23,24,25);8-9H,6-7,10H2,1-5H3,(H,23,24,25). The molecule has 0 amide bonds. The SMILES string of the molecule is CCCNc1nc(Cc2cc(OC)c(OC)c(OC)c2)nc2sc(C#N)c(C)c12.COc1cc(Cc2nc(NC(C)C)c3c(C)c(C#N)sc3n2)cc(OC)c1OC. The summed E-state index contributed by atoms with van der Waals surface area (Å²) in [7, 11) is 9.52. The lowest BCUT2D eigenvalue weighted by atomic mass is 10.1. The molecule has 14 nitrogen and oxygen atoms in total. The van der Waals surface area contributed by atoms with Gasteiger partial charge in [-0.25, -0.2) is 19.9 Å². The van der Waals surface area contributed by atoms with Gasteiger partial charge in [0.05, 0.1) is 53.4 Å². The fourth-order valence-electron chi connectivity index (χ4n) is 6.33. The number of aromatic nitrogens is 4. The molecule has 0 unspecified atom stereocenters. The molecule has 0 saturated carbocycles. The highest BCUT2D eigenvalue weighted by atomic mass is 32.1. The van der Waals surface area contributed by atoms with Gasteiger partial charge in [-0.15, -0.1) is 22.7 Å². The number of methoxy groups -OCH3 is 6. The van der Waals surface area contributed by atoms with E-state index in [4.69, 9.17) is 48.4 Å². The Labute approximate surface area is 346 Å². The van der Waals surface area contributed by atoms with Gasteiger partial charge in [0.15, 0.2) is 23.0 Å². The second kappa shape index (κ2) is 19.4. The zero-order valence-corrected chi connectivity index (χ0v) is 36.3. The maximum Gasteiger partial charge on any atom is 0.203 e. The van der Waals surface area contributed by atoms with Gasteiger partial charge in [-0.3, -0.25) is 0 Å². The first-order valence-corrected chi connectivity index (χ1v) is 20.1. The molecule has 16 heteroatoms. The van der Waals surface area contributed by atoms with Gasteiger partial charge in [-0.2, -0.15) is 10.5 Å². The third kappa shape index (κ3) is 9.20. The topological polar surface area (TPSA) is 179 Å². The molecule has 0 radical (unpaired) electrons. The molecule has 4 aromatic heterocycles. The second-order valence-corrected chi connectivity index (χ2v) is 15.3. The molecule has 0 atom stereocenters. The van der Waals surface area contributed by atoms with Crippen LogP contribution in [0.3, 0.4) is 0 Å². The van der Waals surface area contributed by atoms with Crippen LogP contribution in [0.2, 0.25) is 0 Å². The highest BCUT2D eigenvalue weighted by Crippen LogP contribution is 2.41. The minimum absolute atomic E-state index is 0.201. The first-order valence-electron chi connectivity index (χ1n) is 18.5. The van der Waals surface area contributed by atoms with Crippen LogP contribution in [-0.4, -0.2) is 75.2 Å². The summed E-state index contributed by atoms with van der Waals surface area (Å²) in [4.78, 5) is 21.9. The fraction of sp³-hybridized carbons (Fsp3) is 0.381. The lowest BCUT2D eigenvalue weighted by molar-refractivity contribution is 0.324. The Morgan fingerprint density at radius 2 is 1.02 bits per heavy atom. The van der Waals surface area contributed by atoms with Crippen LogP contribution in [0.15, 0.2) is 24.3 Å². The number of nitrogens with zero attached hydrogens (tertiary/aromatic N) is 6. The summed E-state index contributed by atoms with van der Waals surface area (Å²) in [6.45, 7) is 10.9. The zero-order valence-electron chi connectivity index (χ0n) is 34.7. The van der Waals surface area contributed by atoms with Gasteiger partial charge in [0.2, 0.25) is 11.5 Å². The maximum atomic E-state index is 9.41. The van der Waals surface area contributed by atoms with Crippen LogP contribution >= 0.6 is 22.7 Å². The van der Waals surface area contributed by atoms with Crippen molar-refractivity contribution in [1.29, 1.82) is 10.5 Å². The smallest absolute Gasteiger partial charge is 0.203 e. The van der Waals surface area contributed by atoms with E-state index in [1.54, 1.807) is 42.7 Å². The molecule has 2 aromatic carbocycles. The molecular weight excluding hydrogens is 777 g/mol. The first-order chi connectivity index (χ1) is 28.0. The van der Waals surface area contributed by atoms with Crippen LogP contribution in [0.4, 0.5) is 11.6 Å². The second-order valence-electron chi connectivity index (χ2n) is 13.3. The number of rotatable bonds is 15. The average Bonchev–Trinajstić information content (AvgIpc) is 3.73. The van der Waals surface area contributed by atoms with E-state index in [9.17, 15) is 10.5 Å². The van der Waals surface area contributed by atoms with Crippen molar-refractivity contribution in [1.82, 2.24) is 19.9 Å². The van der Waals surface area contributed by atoms with Crippen LogP contribution in [0.5, 0.6) is 34.5 Å². The van der Waals surface area contributed by atoms with Crippen molar-refractivity contribution in [3.63, 3.8) is 0 Å². The molecule has 0 saturated heterocycles. The Morgan fingerprint density at radius 1 is 0.621 bits per heavy atom. The minimum atomic E-state index is 0.201. The average molecular weight is 825 g/mol. The molecule has 0 aliphatic heterocycles. The predicted molar refractivity (Wildman–Crippen MR) is 229 cm³/mol. The van der Waals surface area contributed by atoms with E-state index in [1.807, 2.05) is 38.1 Å². The molecule has 0 aliphatic carbocycles. The Morgan fingerprint density at radius 3 is 1.36 bits per heavy atom. The Balaban J connectivity index is 0.000000221. The zero-order chi connectivity index (χ0) is 42.1. The van der Waals surface area contributed by atoms with E-state index in [-0.39, 0.29) is 6.04 Å². The number of thiophene rings is 2. The summed E-state index contributed by atoms with van der Waals surface area (Å²) in [5.74, 6) is 6.29. The number of benzene rings is 2. The summed E-state index contributed by atoms with van der Waals surface area (Å²) in [5, 5.41) is 27.4. The van der Waals surface area contributed by atoms with Crippen LogP contribution in [-0.2, 0) is 12.8 Å². The predicted octanol–water partition coefficient (Wildman–Crippen LogP) is 8.62. The fourth-order valence-corrected chi connectivity index (χ4v) is 8.32. The van der Waals surface area contributed by atoms with Crippen molar-refractivity contribution in [2.45, 2.75) is 59.9 Å². The van der Waals surface area contributed by atoms with Crippen LogP contribution in [0, 0.1) is 36.5 Å². The number of nitriles is 2. The molecule has 0 aliphatic rings. The Bertz CT molecular complexity index is 2450. The Hall–Kier alpha value is -6.10. The first kappa shape index (κ1) is 43.0. The van der Waals surface area contributed by atoms with E-state index in [0.717, 1.165) is 67.3 Å². The molecule has 0 spiro atoms. The normalized spacial score (nSPS) is 10.7. The van der Waals surface area contributed by atoms with Crippen LogP contribution in [0.1, 0.15) is 70.8 Å². The van der Waals surface area contributed by atoms with Crippen LogP contribution in [0.25, 0.3) is 20.4 Å². The van der Waals surface area contributed by atoms with E-state index in [0.29, 0.717) is 68.7 Å². The van der Waals surface area contributed by atoms with E-state index in [1.165, 1.54) is 22.7 Å². The number of aryl methyl sites for hydroxylation is 2. The summed E-state index contributed by atoms with van der Waals surface area (Å²) in [6, 6.07) is 12.3. The number of nitrogens with one attached hydrogen (secondary N) is 2. The number of ether oxygens (including phenoxy) is 6. The quantitative estimate of drug-likeness (QED) is 0.101. The molecule has 304 valence electrons. The lowest BCUT2D eigenvalue weighted by Gasteiger charge is -2.15. The number of anilines is 2. The van der Waals surface area contributed by atoms with Crippen molar-refractivity contribution >= 4 is 54.7 Å². The largest absolute Gasteiger partial charge is 0.493 e. The summed E-state index contributed by atoms with van der Waals surface area (Å²) in [6.07, 6.45) is 1.95. The van der Waals surface area contributed by atoms with Gasteiger partial charge in [0.1, 0.15) is 54.8 Å². The third-order valence-electron chi connectivity index (χ3n) is 9.02. The molecule has 6 rings (SSSR count). The number of hydrogen-bond donors (Lipinski definition) is 2. The van der Waals surface area contributed by atoms with Gasteiger partial charge in [0, 0.05) is 25.4 Å². The summed E-state index contributed by atoms with van der Waals surface area (Å²) >= 11 is 2.79. The highest BCUT2D eigenvalue weighted by Gasteiger charge is 2.21. The lowest BCUT2D eigenvalue weighted by Crippen LogP contribution is -2.13. The molecular formula is C42H48N8O6S2. The Kier molecular flexibility index (Phi) is 14.4. The monoisotopic (exact) mass is 824 g/mol. The van der Waals surface area contributed by atoms with E-state index >= 15 is 0 Å². The van der Waals surface area contributed by atoms with Crippen molar-refractivity contribution in [3.05, 3.63) is 67.9 Å². The van der Waals surface area contributed by atoms with Gasteiger partial charge >= 0.3 is 0 Å². The van der Waals surface area contributed by atoms with Crippen molar-refractivity contribution in [3.8, 4) is 46.6 Å². The number of fused-ring (bicyclic) bond motifs is 2. The van der Waals surface area contributed by atoms with E-state index in [2.05, 4.69) is 43.5 Å². The van der Waals surface area contributed by atoms with E-state index < -0.39 is 0 Å². The molecule has 6 aromatic rings. The maximum absolute atomic E-state index is 9.41. The highest BCUT2D eigenvalue weighted by molar-refractivity contribution is 7.19. The van der Waals surface area contributed by atoms with Crippen LogP contribution < -0.4 is 39.1 Å². The van der Waals surface area contributed by atoms with Crippen molar-refractivity contribution in [2.24, 2.45) is 0 Å². The summed E-state index contributed by atoms with van der Waals surface area (Å²) in [5.41, 5.74) is 3.71. The third-order valence-corrected chi connectivity index (χ3v) is 11.2. The van der Waals surface area contributed by atoms with Gasteiger partial charge < -0.3 is 39.1 Å². The van der Waals surface area contributed by atoms with Gasteiger partial charge in [-0.1, -0.05) is 6.92 Å². The number of hydrogen-bond acceptors (Lipinski definition) is 16. The molecule has 0 fully saturated rings. The molecule has 58 heavy (non-hydrogen) atoms. The molecule has 0 bridgehead atoms. The van der Waals surface area contributed by atoms with Crippen molar-refractivity contribution < 1.29 is 28.4 Å². The molecule has 4 heterocycles. The summed E-state index contributed by atoms with van der Waals surface area (Å²) < 4.78 is 32.6. The van der Waals surface area contributed by atoms with Crippen molar-refractivity contribution in [2.75, 3.05) is 59.8 Å². The molecule has 2 N–H and O–H groups in total. The minimum Gasteiger partial charge on any atom is -0.493 e. The van der Waals surface area contributed by atoms with Gasteiger partial charge in [-0.05, 0) is 80.6 Å².